The minimum atomic E-state index is 0.214. The van der Waals surface area contributed by atoms with Gasteiger partial charge in [0.15, 0.2) is 0 Å². The van der Waals surface area contributed by atoms with Gasteiger partial charge in [0.2, 0.25) is 0 Å². The first kappa shape index (κ1) is 14.5. The van der Waals surface area contributed by atoms with Crippen LogP contribution in [0.25, 0.3) is 0 Å². The molecule has 1 aromatic carbocycles. The predicted octanol–water partition coefficient (Wildman–Crippen LogP) is 1.89. The summed E-state index contributed by atoms with van der Waals surface area (Å²) in [4.78, 5) is 2.49. The summed E-state index contributed by atoms with van der Waals surface area (Å²) < 4.78 is 0. The van der Waals surface area contributed by atoms with Crippen LogP contribution in [0.2, 0.25) is 0 Å². The monoisotopic (exact) mass is 261 g/mol. The number of hydrogen-bond acceptors (Lipinski definition) is 3. The quantitative estimate of drug-likeness (QED) is 0.873. The second-order valence-corrected chi connectivity index (χ2v) is 6.41. The number of benzene rings is 1. The van der Waals surface area contributed by atoms with Gasteiger partial charge in [-0.3, -0.25) is 4.90 Å². The van der Waals surface area contributed by atoms with Crippen molar-refractivity contribution < 1.29 is 0 Å². The van der Waals surface area contributed by atoms with E-state index in [9.17, 15) is 0 Å². The van der Waals surface area contributed by atoms with Crippen molar-refractivity contribution in [1.29, 1.82) is 0 Å². The maximum absolute atomic E-state index is 6.00. The maximum atomic E-state index is 6.00. The van der Waals surface area contributed by atoms with E-state index in [1.165, 1.54) is 11.1 Å². The zero-order valence-corrected chi connectivity index (χ0v) is 12.4. The first-order chi connectivity index (χ1) is 9.02. The summed E-state index contributed by atoms with van der Waals surface area (Å²) in [6, 6.07) is 9.36. The Kier molecular flexibility index (Phi) is 4.61. The van der Waals surface area contributed by atoms with Gasteiger partial charge in [-0.1, -0.05) is 45.0 Å². The molecule has 1 aromatic rings. The van der Waals surface area contributed by atoms with E-state index in [0.29, 0.717) is 12.6 Å². The third-order valence-corrected chi connectivity index (χ3v) is 3.98. The molecule has 3 N–H and O–H groups in total. The smallest absolute Gasteiger partial charge is 0.0471 e. The fraction of sp³-hybridized carbons (Fsp3) is 0.625. The number of nitrogens with zero attached hydrogens (tertiary/aromatic N) is 1. The fourth-order valence-corrected chi connectivity index (χ4v) is 2.70. The fourth-order valence-electron chi connectivity index (χ4n) is 2.70. The number of rotatable bonds is 3. The Morgan fingerprint density at radius 2 is 1.74 bits per heavy atom. The molecule has 0 bridgehead atoms. The molecule has 1 saturated heterocycles. The molecule has 0 spiro atoms. The molecule has 106 valence electrons. The topological polar surface area (TPSA) is 41.3 Å². The molecule has 3 nitrogen and oxygen atoms in total. The average molecular weight is 261 g/mol. The Hall–Kier alpha value is -0.900. The van der Waals surface area contributed by atoms with Crippen molar-refractivity contribution in [2.75, 3.05) is 32.7 Å². The van der Waals surface area contributed by atoms with Gasteiger partial charge in [-0.05, 0) is 16.5 Å². The molecule has 3 heteroatoms. The van der Waals surface area contributed by atoms with Crippen LogP contribution in [-0.2, 0) is 5.41 Å². The summed E-state index contributed by atoms with van der Waals surface area (Å²) in [5, 5.41) is 3.39. The van der Waals surface area contributed by atoms with Gasteiger partial charge in [0.25, 0.3) is 0 Å². The van der Waals surface area contributed by atoms with Crippen LogP contribution in [0.4, 0.5) is 0 Å². The van der Waals surface area contributed by atoms with E-state index in [2.05, 4.69) is 55.3 Å². The normalized spacial score (nSPS) is 19.4. The second-order valence-electron chi connectivity index (χ2n) is 6.41. The Morgan fingerprint density at radius 1 is 1.16 bits per heavy atom. The highest BCUT2D eigenvalue weighted by molar-refractivity contribution is 5.29. The third kappa shape index (κ3) is 3.56. The van der Waals surface area contributed by atoms with Crippen LogP contribution >= 0.6 is 0 Å². The summed E-state index contributed by atoms with van der Waals surface area (Å²) in [5.41, 5.74) is 8.94. The third-order valence-electron chi connectivity index (χ3n) is 3.98. The zero-order chi connectivity index (χ0) is 13.9. The summed E-state index contributed by atoms with van der Waals surface area (Å²) >= 11 is 0. The van der Waals surface area contributed by atoms with Crippen molar-refractivity contribution >= 4 is 0 Å². The predicted molar refractivity (Wildman–Crippen MR) is 81.4 cm³/mol. The van der Waals surface area contributed by atoms with Crippen molar-refractivity contribution in [3.8, 4) is 0 Å². The van der Waals surface area contributed by atoms with Crippen LogP contribution in [0, 0.1) is 0 Å². The Morgan fingerprint density at radius 3 is 2.21 bits per heavy atom. The van der Waals surface area contributed by atoms with Gasteiger partial charge in [0.05, 0.1) is 0 Å². The van der Waals surface area contributed by atoms with E-state index >= 15 is 0 Å². The molecular weight excluding hydrogens is 234 g/mol. The molecule has 19 heavy (non-hydrogen) atoms. The van der Waals surface area contributed by atoms with Crippen molar-refractivity contribution in [3.63, 3.8) is 0 Å². The van der Waals surface area contributed by atoms with Crippen molar-refractivity contribution in [3.05, 3.63) is 35.4 Å². The lowest BCUT2D eigenvalue weighted by atomic mass is 9.86. The first-order valence-corrected chi connectivity index (χ1v) is 7.27. The number of piperazine rings is 1. The van der Waals surface area contributed by atoms with Gasteiger partial charge >= 0.3 is 0 Å². The van der Waals surface area contributed by atoms with E-state index < -0.39 is 0 Å². The van der Waals surface area contributed by atoms with E-state index in [0.717, 1.165) is 26.2 Å². The van der Waals surface area contributed by atoms with Crippen molar-refractivity contribution in [2.24, 2.45) is 5.73 Å². The molecule has 1 unspecified atom stereocenters. The SMILES string of the molecule is CC(C)(C)c1ccc(C(CN)N2CCNCC2)cc1. The van der Waals surface area contributed by atoms with E-state index in [-0.39, 0.29) is 5.41 Å². The van der Waals surface area contributed by atoms with Crippen LogP contribution < -0.4 is 11.1 Å². The molecule has 0 amide bonds. The molecule has 0 radical (unpaired) electrons. The van der Waals surface area contributed by atoms with Gasteiger partial charge < -0.3 is 11.1 Å². The van der Waals surface area contributed by atoms with Crippen LogP contribution in [0.3, 0.4) is 0 Å². The number of nitrogens with one attached hydrogen (secondary N) is 1. The van der Waals surface area contributed by atoms with Gasteiger partial charge in [0, 0.05) is 38.8 Å². The van der Waals surface area contributed by atoms with Gasteiger partial charge in [0.1, 0.15) is 0 Å². The molecule has 0 aliphatic carbocycles. The lowest BCUT2D eigenvalue weighted by Crippen LogP contribution is -2.46. The molecule has 1 fully saturated rings. The molecule has 1 aliphatic rings. The minimum absolute atomic E-state index is 0.214. The summed E-state index contributed by atoms with van der Waals surface area (Å²) in [6.45, 7) is 11.7. The molecule has 1 heterocycles. The lowest BCUT2D eigenvalue weighted by molar-refractivity contribution is 0.178. The highest BCUT2D eigenvalue weighted by Crippen LogP contribution is 2.26. The first-order valence-electron chi connectivity index (χ1n) is 7.27. The molecular formula is C16H27N3. The highest BCUT2D eigenvalue weighted by Gasteiger charge is 2.21. The number of hydrogen-bond donors (Lipinski definition) is 2. The molecule has 0 saturated carbocycles. The molecule has 1 atom stereocenters. The van der Waals surface area contributed by atoms with Gasteiger partial charge in [-0.2, -0.15) is 0 Å². The average Bonchev–Trinajstić information content (AvgIpc) is 2.40. The van der Waals surface area contributed by atoms with Crippen molar-refractivity contribution in [1.82, 2.24) is 10.2 Å². The van der Waals surface area contributed by atoms with Gasteiger partial charge in [-0.25, -0.2) is 0 Å². The van der Waals surface area contributed by atoms with Gasteiger partial charge in [-0.15, -0.1) is 0 Å². The molecule has 2 rings (SSSR count). The van der Waals surface area contributed by atoms with Crippen molar-refractivity contribution in [2.45, 2.75) is 32.2 Å². The molecule has 0 aromatic heterocycles. The van der Waals surface area contributed by atoms with Crippen LogP contribution in [0.15, 0.2) is 24.3 Å². The Balaban J connectivity index is 2.14. The summed E-state index contributed by atoms with van der Waals surface area (Å²) in [5.74, 6) is 0. The number of nitrogens with two attached hydrogens (primary N) is 1. The van der Waals surface area contributed by atoms with E-state index in [1.807, 2.05) is 0 Å². The minimum Gasteiger partial charge on any atom is -0.329 e. The Bertz CT molecular complexity index is 385. The largest absolute Gasteiger partial charge is 0.329 e. The van der Waals surface area contributed by atoms with E-state index in [1.54, 1.807) is 0 Å². The Labute approximate surface area is 117 Å². The van der Waals surface area contributed by atoms with E-state index in [4.69, 9.17) is 5.73 Å². The second kappa shape index (κ2) is 6.04. The standard InChI is InChI=1S/C16H27N3/c1-16(2,3)14-6-4-13(5-7-14)15(12-17)19-10-8-18-9-11-19/h4-7,15,18H,8-12,17H2,1-3H3. The lowest BCUT2D eigenvalue weighted by Gasteiger charge is -2.34. The maximum Gasteiger partial charge on any atom is 0.0471 e. The molecule has 1 aliphatic heterocycles. The van der Waals surface area contributed by atoms with Crippen LogP contribution in [0.1, 0.15) is 37.9 Å². The van der Waals surface area contributed by atoms with Crippen LogP contribution in [0.5, 0.6) is 0 Å². The highest BCUT2D eigenvalue weighted by atomic mass is 15.2. The summed E-state index contributed by atoms with van der Waals surface area (Å²) in [7, 11) is 0. The van der Waals surface area contributed by atoms with Crippen LogP contribution in [-0.4, -0.2) is 37.6 Å². The zero-order valence-electron chi connectivity index (χ0n) is 12.4. The summed E-state index contributed by atoms with van der Waals surface area (Å²) in [6.07, 6.45) is 0.